The normalized spacial score (nSPS) is 10.2. The molecule has 0 aliphatic carbocycles. The molecule has 102 valence electrons. The lowest BCUT2D eigenvalue weighted by molar-refractivity contribution is -0.137. The van der Waals surface area contributed by atoms with E-state index in [4.69, 9.17) is 14.2 Å². The van der Waals surface area contributed by atoms with E-state index in [0.717, 1.165) is 6.29 Å². The molecule has 0 N–H and O–H groups in total. The zero-order chi connectivity index (χ0) is 14.1. The molecule has 5 nitrogen and oxygen atoms in total. The molecule has 0 aromatic heterocycles. The van der Waals surface area contributed by atoms with Gasteiger partial charge in [-0.1, -0.05) is 0 Å². The molecule has 0 fully saturated rings. The fourth-order valence-electron chi connectivity index (χ4n) is 1.35. The first-order valence-corrected chi connectivity index (χ1v) is 5.80. The second-order valence-electron chi connectivity index (χ2n) is 3.49. The summed E-state index contributed by atoms with van der Waals surface area (Å²) in [6.45, 7) is 2.28. The van der Waals surface area contributed by atoms with Gasteiger partial charge in [0.15, 0.2) is 11.5 Å². The molecule has 0 heterocycles. The number of aldehydes is 1. The van der Waals surface area contributed by atoms with Gasteiger partial charge in [-0.05, 0) is 31.2 Å². The van der Waals surface area contributed by atoms with Crippen LogP contribution in [0.25, 0.3) is 0 Å². The molecular formula is C14H16O5. The molecule has 0 radical (unpaired) electrons. The van der Waals surface area contributed by atoms with E-state index in [1.54, 1.807) is 31.2 Å². The van der Waals surface area contributed by atoms with Crippen LogP contribution in [0.4, 0.5) is 0 Å². The number of carbonyl (C=O) groups excluding carboxylic acids is 2. The highest BCUT2D eigenvalue weighted by Gasteiger charge is 2.04. The first kappa shape index (κ1) is 14.8. The molecule has 0 aliphatic rings. The van der Waals surface area contributed by atoms with Crippen molar-refractivity contribution in [1.29, 1.82) is 0 Å². The smallest absolute Gasteiger partial charge is 0.330 e. The monoisotopic (exact) mass is 264 g/mol. The van der Waals surface area contributed by atoms with E-state index in [9.17, 15) is 9.59 Å². The van der Waals surface area contributed by atoms with Gasteiger partial charge in [-0.3, -0.25) is 4.79 Å². The number of carbonyl (C=O) groups is 2. The maximum Gasteiger partial charge on any atom is 0.330 e. The highest BCUT2D eigenvalue weighted by atomic mass is 16.5. The average Bonchev–Trinajstić information content (AvgIpc) is 2.44. The van der Waals surface area contributed by atoms with Crippen LogP contribution in [0, 0.1) is 0 Å². The van der Waals surface area contributed by atoms with Gasteiger partial charge in [0.05, 0.1) is 13.7 Å². The summed E-state index contributed by atoms with van der Waals surface area (Å²) >= 11 is 0. The van der Waals surface area contributed by atoms with Crippen LogP contribution in [-0.2, 0) is 9.53 Å². The Balaban J connectivity index is 2.58. The zero-order valence-corrected chi connectivity index (χ0v) is 10.9. The van der Waals surface area contributed by atoms with Gasteiger partial charge in [-0.15, -0.1) is 0 Å². The largest absolute Gasteiger partial charge is 0.493 e. The SMILES string of the molecule is CCOC(=O)/C=C/COc1ccc(C=O)cc1OC. The summed E-state index contributed by atoms with van der Waals surface area (Å²) in [6.07, 6.45) is 3.58. The lowest BCUT2D eigenvalue weighted by atomic mass is 10.2. The highest BCUT2D eigenvalue weighted by molar-refractivity contribution is 5.81. The van der Waals surface area contributed by atoms with Crippen LogP contribution in [0.1, 0.15) is 17.3 Å². The van der Waals surface area contributed by atoms with Crippen LogP contribution in [-0.4, -0.2) is 32.6 Å². The summed E-state index contributed by atoms with van der Waals surface area (Å²) in [5.41, 5.74) is 0.506. The maximum absolute atomic E-state index is 11.0. The maximum atomic E-state index is 11.0. The molecule has 0 amide bonds. The van der Waals surface area contributed by atoms with Crippen LogP contribution in [0.3, 0.4) is 0 Å². The van der Waals surface area contributed by atoms with Crippen molar-refractivity contribution >= 4 is 12.3 Å². The molecule has 0 saturated carbocycles. The number of esters is 1. The molecule has 0 bridgehead atoms. The van der Waals surface area contributed by atoms with Crippen LogP contribution in [0.15, 0.2) is 30.4 Å². The predicted molar refractivity (Wildman–Crippen MR) is 69.6 cm³/mol. The Kier molecular flexibility index (Phi) is 6.15. The van der Waals surface area contributed by atoms with Gasteiger partial charge >= 0.3 is 5.97 Å². The van der Waals surface area contributed by atoms with Crippen LogP contribution >= 0.6 is 0 Å². The molecule has 19 heavy (non-hydrogen) atoms. The van der Waals surface area contributed by atoms with Crippen molar-refractivity contribution in [2.24, 2.45) is 0 Å². The molecule has 1 aromatic rings. The number of ether oxygens (including phenoxy) is 3. The van der Waals surface area contributed by atoms with E-state index in [1.807, 2.05) is 0 Å². The molecule has 5 heteroatoms. The Morgan fingerprint density at radius 2 is 2.11 bits per heavy atom. The van der Waals surface area contributed by atoms with Crippen molar-refractivity contribution in [3.8, 4) is 11.5 Å². The van der Waals surface area contributed by atoms with Crippen molar-refractivity contribution < 1.29 is 23.8 Å². The third kappa shape index (κ3) is 4.83. The third-order valence-corrected chi connectivity index (χ3v) is 2.20. The van der Waals surface area contributed by atoms with Gasteiger partial charge in [0.25, 0.3) is 0 Å². The Bertz CT molecular complexity index is 465. The van der Waals surface area contributed by atoms with Gasteiger partial charge in [-0.2, -0.15) is 0 Å². The zero-order valence-electron chi connectivity index (χ0n) is 10.9. The topological polar surface area (TPSA) is 61.8 Å². The number of benzene rings is 1. The number of rotatable bonds is 7. The van der Waals surface area contributed by atoms with Gasteiger partial charge in [0, 0.05) is 11.6 Å². The van der Waals surface area contributed by atoms with Gasteiger partial charge < -0.3 is 14.2 Å². The molecule has 0 aliphatic heterocycles. The molecule has 0 unspecified atom stereocenters. The fraction of sp³-hybridized carbons (Fsp3) is 0.286. The molecule has 0 spiro atoms. The van der Waals surface area contributed by atoms with E-state index in [2.05, 4.69) is 0 Å². The number of methoxy groups -OCH3 is 1. The van der Waals surface area contributed by atoms with Gasteiger partial charge in [-0.25, -0.2) is 4.79 Å². The van der Waals surface area contributed by atoms with E-state index in [1.165, 1.54) is 13.2 Å². The molecule has 0 saturated heterocycles. The highest BCUT2D eigenvalue weighted by Crippen LogP contribution is 2.27. The lowest BCUT2D eigenvalue weighted by Crippen LogP contribution is -2.01. The Morgan fingerprint density at radius 1 is 1.32 bits per heavy atom. The third-order valence-electron chi connectivity index (χ3n) is 2.20. The predicted octanol–water partition coefficient (Wildman–Crippen LogP) is 2.01. The second-order valence-corrected chi connectivity index (χ2v) is 3.49. The molecule has 1 aromatic carbocycles. The van der Waals surface area contributed by atoms with Crippen LogP contribution in [0.2, 0.25) is 0 Å². The quantitative estimate of drug-likeness (QED) is 0.428. The van der Waals surface area contributed by atoms with Crippen LogP contribution in [0.5, 0.6) is 11.5 Å². The van der Waals surface area contributed by atoms with E-state index >= 15 is 0 Å². The number of hydrogen-bond donors (Lipinski definition) is 0. The van der Waals surface area contributed by atoms with E-state index in [0.29, 0.717) is 23.7 Å². The first-order chi connectivity index (χ1) is 9.21. The van der Waals surface area contributed by atoms with Crippen molar-refractivity contribution in [3.63, 3.8) is 0 Å². The Labute approximate surface area is 111 Å². The van der Waals surface area contributed by atoms with E-state index in [-0.39, 0.29) is 6.61 Å². The summed E-state index contributed by atoms with van der Waals surface area (Å²) < 4.78 is 15.2. The van der Waals surface area contributed by atoms with Crippen molar-refractivity contribution in [2.45, 2.75) is 6.92 Å². The summed E-state index contributed by atoms with van der Waals surface area (Å²) in [7, 11) is 1.49. The summed E-state index contributed by atoms with van der Waals surface area (Å²) in [5.74, 6) is 0.560. The fourth-order valence-corrected chi connectivity index (χ4v) is 1.35. The molecule has 0 atom stereocenters. The summed E-state index contributed by atoms with van der Waals surface area (Å²) in [5, 5.41) is 0. The van der Waals surface area contributed by atoms with Crippen molar-refractivity contribution in [3.05, 3.63) is 35.9 Å². The Morgan fingerprint density at radius 3 is 2.74 bits per heavy atom. The second kappa shape index (κ2) is 7.92. The lowest BCUT2D eigenvalue weighted by Gasteiger charge is -2.09. The summed E-state index contributed by atoms with van der Waals surface area (Å²) in [6, 6.07) is 4.85. The van der Waals surface area contributed by atoms with E-state index < -0.39 is 5.97 Å². The van der Waals surface area contributed by atoms with Gasteiger partial charge in [0.1, 0.15) is 12.9 Å². The van der Waals surface area contributed by atoms with Crippen molar-refractivity contribution in [1.82, 2.24) is 0 Å². The van der Waals surface area contributed by atoms with Crippen molar-refractivity contribution in [2.75, 3.05) is 20.3 Å². The summed E-state index contributed by atoms with van der Waals surface area (Å²) in [4.78, 5) is 21.7. The standard InChI is InChI=1S/C14H16O5/c1-3-18-14(16)5-4-8-19-12-7-6-11(10-15)9-13(12)17-2/h4-7,9-10H,3,8H2,1-2H3/b5-4+. The minimum atomic E-state index is -0.408. The first-order valence-electron chi connectivity index (χ1n) is 5.80. The minimum Gasteiger partial charge on any atom is -0.493 e. The number of hydrogen-bond acceptors (Lipinski definition) is 5. The minimum absolute atomic E-state index is 0.204. The molecule has 1 rings (SSSR count). The Hall–Kier alpha value is -2.30. The average molecular weight is 264 g/mol. The van der Waals surface area contributed by atoms with Crippen LogP contribution < -0.4 is 9.47 Å². The van der Waals surface area contributed by atoms with Gasteiger partial charge in [0.2, 0.25) is 0 Å². The molecular weight excluding hydrogens is 248 g/mol.